The Labute approximate surface area is 106 Å². The maximum absolute atomic E-state index is 11.7. The highest BCUT2D eigenvalue weighted by atomic mass is 16.5. The van der Waals surface area contributed by atoms with Gasteiger partial charge in [0, 0.05) is 31.7 Å². The van der Waals surface area contributed by atoms with Gasteiger partial charge in [-0.1, -0.05) is 0 Å². The van der Waals surface area contributed by atoms with Crippen LogP contribution in [0.15, 0.2) is 0 Å². The third-order valence-electron chi connectivity index (χ3n) is 2.79. The van der Waals surface area contributed by atoms with Crippen molar-refractivity contribution in [2.75, 3.05) is 20.3 Å². The van der Waals surface area contributed by atoms with Crippen molar-refractivity contribution in [2.45, 2.75) is 26.5 Å². The van der Waals surface area contributed by atoms with E-state index in [1.165, 1.54) is 7.11 Å². The van der Waals surface area contributed by atoms with E-state index < -0.39 is 5.97 Å². The molecule has 98 valence electrons. The topological polar surface area (TPSA) is 73.3 Å². The van der Waals surface area contributed by atoms with Gasteiger partial charge in [-0.3, -0.25) is 0 Å². The molecule has 2 heterocycles. The summed E-state index contributed by atoms with van der Waals surface area (Å²) in [6, 6.07) is 0. The number of hydrogen-bond acceptors (Lipinski definition) is 6. The molecule has 18 heavy (non-hydrogen) atoms. The van der Waals surface area contributed by atoms with Crippen LogP contribution in [0.2, 0.25) is 0 Å². The van der Waals surface area contributed by atoms with E-state index in [4.69, 9.17) is 9.47 Å². The molecule has 0 amide bonds. The van der Waals surface area contributed by atoms with E-state index >= 15 is 0 Å². The lowest BCUT2D eigenvalue weighted by molar-refractivity contribution is 0.0589. The molecule has 1 aliphatic rings. The number of nitrogens with zero attached hydrogens (tertiary/aromatic N) is 2. The third-order valence-corrected chi connectivity index (χ3v) is 2.79. The lowest BCUT2D eigenvalue weighted by Crippen LogP contribution is -2.28. The van der Waals surface area contributed by atoms with Crippen molar-refractivity contribution < 1.29 is 14.3 Å². The summed E-state index contributed by atoms with van der Waals surface area (Å²) in [4.78, 5) is 20.4. The first kappa shape index (κ1) is 12.9. The monoisotopic (exact) mass is 251 g/mol. The lowest BCUT2D eigenvalue weighted by Gasteiger charge is -2.19. The SMILES string of the molecule is CCOCc1nc2c(c(C(=O)OC)n1)CNCC2. The summed E-state index contributed by atoms with van der Waals surface area (Å²) in [5.41, 5.74) is 2.11. The summed E-state index contributed by atoms with van der Waals surface area (Å²) < 4.78 is 10.1. The minimum Gasteiger partial charge on any atom is -0.464 e. The molecule has 0 atom stereocenters. The summed E-state index contributed by atoms with van der Waals surface area (Å²) in [6.45, 7) is 4.29. The Morgan fingerprint density at radius 2 is 2.28 bits per heavy atom. The van der Waals surface area contributed by atoms with Crippen molar-refractivity contribution in [1.82, 2.24) is 15.3 Å². The Morgan fingerprint density at radius 3 is 3.00 bits per heavy atom. The molecule has 6 nitrogen and oxygen atoms in total. The molecule has 0 bridgehead atoms. The van der Waals surface area contributed by atoms with Crippen LogP contribution in [0.5, 0.6) is 0 Å². The molecule has 1 aromatic heterocycles. The molecule has 0 saturated heterocycles. The molecule has 0 aromatic carbocycles. The molecule has 0 fully saturated rings. The third kappa shape index (κ3) is 2.65. The first-order valence-electron chi connectivity index (χ1n) is 6.01. The van der Waals surface area contributed by atoms with Crippen LogP contribution in [0.1, 0.15) is 34.5 Å². The number of esters is 1. The van der Waals surface area contributed by atoms with Gasteiger partial charge in [0.1, 0.15) is 6.61 Å². The minimum absolute atomic E-state index is 0.321. The zero-order chi connectivity index (χ0) is 13.0. The Balaban J connectivity index is 2.37. The second-order valence-corrected chi connectivity index (χ2v) is 3.97. The van der Waals surface area contributed by atoms with Crippen molar-refractivity contribution in [1.29, 1.82) is 0 Å². The van der Waals surface area contributed by atoms with Crippen LogP contribution in [0, 0.1) is 0 Å². The zero-order valence-corrected chi connectivity index (χ0v) is 10.7. The molecular formula is C12H17N3O3. The van der Waals surface area contributed by atoms with E-state index in [0.29, 0.717) is 31.3 Å². The fourth-order valence-electron chi connectivity index (χ4n) is 1.92. The van der Waals surface area contributed by atoms with Crippen molar-refractivity contribution in [3.8, 4) is 0 Å². The van der Waals surface area contributed by atoms with Crippen LogP contribution < -0.4 is 5.32 Å². The maximum Gasteiger partial charge on any atom is 0.357 e. The molecule has 0 aliphatic carbocycles. The average molecular weight is 251 g/mol. The van der Waals surface area contributed by atoms with Gasteiger partial charge in [0.25, 0.3) is 0 Å². The molecule has 0 saturated carbocycles. The van der Waals surface area contributed by atoms with Gasteiger partial charge in [-0.05, 0) is 6.92 Å². The van der Waals surface area contributed by atoms with E-state index in [1.54, 1.807) is 0 Å². The lowest BCUT2D eigenvalue weighted by atomic mass is 10.1. The predicted molar refractivity (Wildman–Crippen MR) is 64.1 cm³/mol. The number of hydrogen-bond donors (Lipinski definition) is 1. The smallest absolute Gasteiger partial charge is 0.357 e. The van der Waals surface area contributed by atoms with Crippen LogP contribution in [0.25, 0.3) is 0 Å². The highest BCUT2D eigenvalue weighted by Gasteiger charge is 2.22. The largest absolute Gasteiger partial charge is 0.464 e. The van der Waals surface area contributed by atoms with Gasteiger partial charge in [0.05, 0.1) is 12.8 Å². The van der Waals surface area contributed by atoms with Gasteiger partial charge < -0.3 is 14.8 Å². The quantitative estimate of drug-likeness (QED) is 0.783. The first-order valence-corrected chi connectivity index (χ1v) is 6.01. The number of carbonyl (C=O) groups excluding carboxylic acids is 1. The van der Waals surface area contributed by atoms with Gasteiger partial charge in [-0.25, -0.2) is 14.8 Å². The van der Waals surface area contributed by atoms with E-state index in [0.717, 1.165) is 24.2 Å². The van der Waals surface area contributed by atoms with E-state index in [9.17, 15) is 4.79 Å². The second kappa shape index (κ2) is 5.88. The van der Waals surface area contributed by atoms with Crippen molar-refractivity contribution in [2.24, 2.45) is 0 Å². The highest BCUT2D eigenvalue weighted by Crippen LogP contribution is 2.16. The molecular weight excluding hydrogens is 234 g/mol. The molecule has 2 rings (SSSR count). The number of aromatic nitrogens is 2. The number of carbonyl (C=O) groups is 1. The molecule has 0 spiro atoms. The van der Waals surface area contributed by atoms with Gasteiger partial charge in [0.2, 0.25) is 0 Å². The fraction of sp³-hybridized carbons (Fsp3) is 0.583. The van der Waals surface area contributed by atoms with E-state index in [-0.39, 0.29) is 0 Å². The Morgan fingerprint density at radius 1 is 1.44 bits per heavy atom. The number of fused-ring (bicyclic) bond motifs is 1. The molecule has 6 heteroatoms. The van der Waals surface area contributed by atoms with Crippen LogP contribution in [-0.4, -0.2) is 36.2 Å². The van der Waals surface area contributed by atoms with E-state index in [2.05, 4.69) is 15.3 Å². The molecule has 0 unspecified atom stereocenters. The van der Waals surface area contributed by atoms with Crippen LogP contribution >= 0.6 is 0 Å². The van der Waals surface area contributed by atoms with Gasteiger partial charge >= 0.3 is 5.97 Å². The van der Waals surface area contributed by atoms with E-state index in [1.807, 2.05) is 6.92 Å². The fourth-order valence-corrected chi connectivity index (χ4v) is 1.92. The zero-order valence-electron chi connectivity index (χ0n) is 10.7. The number of methoxy groups -OCH3 is 1. The molecule has 1 N–H and O–H groups in total. The normalized spacial score (nSPS) is 14.1. The minimum atomic E-state index is -0.421. The van der Waals surface area contributed by atoms with Crippen molar-refractivity contribution in [3.05, 3.63) is 22.8 Å². The van der Waals surface area contributed by atoms with Gasteiger partial charge in [-0.2, -0.15) is 0 Å². The summed E-state index contributed by atoms with van der Waals surface area (Å²) in [6.07, 6.45) is 0.793. The summed E-state index contributed by atoms with van der Waals surface area (Å²) in [5, 5.41) is 3.20. The van der Waals surface area contributed by atoms with Gasteiger partial charge in [-0.15, -0.1) is 0 Å². The molecule has 0 radical (unpaired) electrons. The number of ether oxygens (including phenoxy) is 2. The van der Waals surface area contributed by atoms with Gasteiger partial charge in [0.15, 0.2) is 11.5 Å². The van der Waals surface area contributed by atoms with Crippen molar-refractivity contribution in [3.63, 3.8) is 0 Å². The number of nitrogens with one attached hydrogen (secondary N) is 1. The molecule has 1 aliphatic heterocycles. The Bertz CT molecular complexity index is 448. The second-order valence-electron chi connectivity index (χ2n) is 3.97. The van der Waals surface area contributed by atoms with Crippen LogP contribution in [0.4, 0.5) is 0 Å². The molecule has 1 aromatic rings. The van der Waals surface area contributed by atoms with Crippen molar-refractivity contribution >= 4 is 5.97 Å². The van der Waals surface area contributed by atoms with Crippen LogP contribution in [0.3, 0.4) is 0 Å². The summed E-state index contributed by atoms with van der Waals surface area (Å²) in [7, 11) is 1.36. The maximum atomic E-state index is 11.7. The number of rotatable bonds is 4. The summed E-state index contributed by atoms with van der Waals surface area (Å²) in [5.74, 6) is 0.119. The first-order chi connectivity index (χ1) is 8.76. The predicted octanol–water partition coefficient (Wildman–Crippen LogP) is 0.445. The Kier molecular flexibility index (Phi) is 4.22. The average Bonchev–Trinajstić information content (AvgIpc) is 2.43. The Hall–Kier alpha value is -1.53. The standard InChI is InChI=1S/C12H17N3O3/c1-3-18-7-10-14-9-4-5-13-6-8(9)11(15-10)12(16)17-2/h13H,3-7H2,1-2H3. The highest BCUT2D eigenvalue weighted by molar-refractivity contribution is 5.89. The summed E-state index contributed by atoms with van der Waals surface area (Å²) >= 11 is 0. The van der Waals surface area contributed by atoms with Crippen LogP contribution in [-0.2, 0) is 29.0 Å².